The molecule has 0 saturated heterocycles. The van der Waals surface area contributed by atoms with Crippen molar-refractivity contribution < 1.29 is 4.74 Å². The molecule has 0 aliphatic heterocycles. The number of anilines is 4. The predicted octanol–water partition coefficient (Wildman–Crippen LogP) is 7.92. The van der Waals surface area contributed by atoms with Crippen molar-refractivity contribution in [2.24, 2.45) is 4.99 Å². The molecule has 5 rings (SSSR count). The maximum atomic E-state index is 6.20. The van der Waals surface area contributed by atoms with Gasteiger partial charge in [-0.05, 0) is 74.2 Å². The van der Waals surface area contributed by atoms with Gasteiger partial charge in [-0.3, -0.25) is 4.99 Å². The number of nitrogens with one attached hydrogen (secondary N) is 2. The zero-order chi connectivity index (χ0) is 31.6. The number of rotatable bonds is 10. The molecular weight excluding hydrogens is 582 g/mol. The number of hydrogen-bond donors (Lipinski definition) is 3. The summed E-state index contributed by atoms with van der Waals surface area (Å²) < 4.78 is 5.89. The summed E-state index contributed by atoms with van der Waals surface area (Å²) in [5.74, 6) is 7.21. The maximum Gasteiger partial charge on any atom is 0.227 e. The molecular formula is C36H32ClN7O. The normalized spacial score (nSPS) is 11.3. The lowest BCUT2D eigenvalue weighted by atomic mass is 10.1. The van der Waals surface area contributed by atoms with Crippen molar-refractivity contribution in [3.05, 3.63) is 130 Å². The summed E-state index contributed by atoms with van der Waals surface area (Å²) >= 11 is 6.20. The molecule has 0 radical (unpaired) electrons. The van der Waals surface area contributed by atoms with Crippen LogP contribution in [0.25, 0.3) is 16.3 Å². The Kier molecular flexibility index (Phi) is 10.2. The van der Waals surface area contributed by atoms with Crippen LogP contribution in [0.15, 0.2) is 102 Å². The Morgan fingerprint density at radius 1 is 1.07 bits per heavy atom. The highest BCUT2D eigenvalue weighted by Gasteiger charge is 2.08. The molecule has 5 aromatic rings. The Hall–Kier alpha value is -5.49. The second-order valence-corrected chi connectivity index (χ2v) is 10.5. The average molecular weight is 614 g/mol. The average Bonchev–Trinajstić information content (AvgIpc) is 3.04. The van der Waals surface area contributed by atoms with Crippen molar-refractivity contribution in [3.63, 3.8) is 0 Å². The van der Waals surface area contributed by atoms with Crippen LogP contribution in [0.1, 0.15) is 34.9 Å². The van der Waals surface area contributed by atoms with Gasteiger partial charge in [0.25, 0.3) is 0 Å². The standard InChI is InChI=1S/C36H32ClN7O/c1-4-5-28(20-39-3)33-16-17-40-36(43-33)44-34-19-30(14-6-24(34)2)42-23-45-22-26-9-7-25(8-10-26)11-15-31-32-18-29(37)13-12-27(32)21-41-35(31)38/h4-10,12-14,16-21,42H,3,22-23H2,1-2H3,(H2,38,41)(H,40,43,44)/b5-4-,28-20+. The van der Waals surface area contributed by atoms with Crippen molar-refractivity contribution >= 4 is 57.8 Å². The molecule has 224 valence electrons. The molecule has 0 fully saturated rings. The second kappa shape index (κ2) is 14.8. The molecule has 8 nitrogen and oxygen atoms in total. The van der Waals surface area contributed by atoms with Crippen molar-refractivity contribution in [2.45, 2.75) is 20.5 Å². The summed E-state index contributed by atoms with van der Waals surface area (Å²) in [4.78, 5) is 17.2. The summed E-state index contributed by atoms with van der Waals surface area (Å²) in [6.07, 6.45) is 8.96. The number of pyridine rings is 1. The van der Waals surface area contributed by atoms with Crippen LogP contribution >= 0.6 is 11.6 Å². The third-order valence-electron chi connectivity index (χ3n) is 6.83. The molecule has 0 aliphatic carbocycles. The third-order valence-corrected chi connectivity index (χ3v) is 7.06. The first-order valence-electron chi connectivity index (χ1n) is 14.2. The minimum absolute atomic E-state index is 0.331. The Bertz CT molecular complexity index is 1950. The second-order valence-electron chi connectivity index (χ2n) is 10.1. The van der Waals surface area contributed by atoms with Gasteiger partial charge in [-0.2, -0.15) is 0 Å². The van der Waals surface area contributed by atoms with E-state index in [2.05, 4.69) is 49.1 Å². The van der Waals surface area contributed by atoms with Crippen LogP contribution in [0.3, 0.4) is 0 Å². The summed E-state index contributed by atoms with van der Waals surface area (Å²) in [6.45, 7) is 8.29. The van der Waals surface area contributed by atoms with E-state index in [1.54, 1.807) is 18.6 Å². The molecule has 0 bridgehead atoms. The molecule has 9 heteroatoms. The van der Waals surface area contributed by atoms with Crippen molar-refractivity contribution in [1.29, 1.82) is 0 Å². The minimum atomic E-state index is 0.331. The molecule has 0 aliphatic rings. The van der Waals surface area contributed by atoms with E-state index in [0.29, 0.717) is 35.7 Å². The van der Waals surface area contributed by atoms with Crippen LogP contribution in [-0.4, -0.2) is 28.4 Å². The molecule has 0 unspecified atom stereocenters. The van der Waals surface area contributed by atoms with Crippen molar-refractivity contribution in [3.8, 4) is 11.8 Å². The molecule has 0 spiro atoms. The Balaban J connectivity index is 1.17. The van der Waals surface area contributed by atoms with Gasteiger partial charge < -0.3 is 21.1 Å². The number of nitrogens with two attached hydrogens (primary N) is 1. The van der Waals surface area contributed by atoms with E-state index in [1.165, 1.54) is 0 Å². The van der Waals surface area contributed by atoms with Gasteiger partial charge >= 0.3 is 0 Å². The van der Waals surface area contributed by atoms with Gasteiger partial charge in [0.2, 0.25) is 5.95 Å². The molecule has 4 N–H and O–H groups in total. The number of hydrogen-bond acceptors (Lipinski definition) is 8. The quantitative estimate of drug-likeness (QED) is 0.0482. The monoisotopic (exact) mass is 613 g/mol. The van der Waals surface area contributed by atoms with E-state index < -0.39 is 0 Å². The van der Waals surface area contributed by atoms with Gasteiger partial charge in [-0.15, -0.1) is 0 Å². The first-order valence-corrected chi connectivity index (χ1v) is 14.6. The number of fused-ring (bicyclic) bond motifs is 1. The Morgan fingerprint density at radius 3 is 2.71 bits per heavy atom. The summed E-state index contributed by atoms with van der Waals surface area (Å²) in [6, 6.07) is 21.4. The largest absolute Gasteiger partial charge is 0.383 e. The SMILES string of the molecule is C=N/C=C(\C=C/C)c1ccnc(Nc2cc(NCOCc3ccc(C#Cc4c(N)ncc5ccc(Cl)cc45)cc3)ccc2C)n1. The van der Waals surface area contributed by atoms with Crippen LogP contribution in [0.4, 0.5) is 23.1 Å². The van der Waals surface area contributed by atoms with Crippen LogP contribution in [0.2, 0.25) is 5.02 Å². The highest BCUT2D eigenvalue weighted by Crippen LogP contribution is 2.26. The van der Waals surface area contributed by atoms with E-state index in [9.17, 15) is 0 Å². The lowest BCUT2D eigenvalue weighted by Crippen LogP contribution is -2.07. The van der Waals surface area contributed by atoms with Crippen LogP contribution in [0.5, 0.6) is 0 Å². The van der Waals surface area contributed by atoms with Crippen LogP contribution in [-0.2, 0) is 11.3 Å². The third kappa shape index (κ3) is 8.12. The fourth-order valence-corrected chi connectivity index (χ4v) is 4.66. The highest BCUT2D eigenvalue weighted by atomic mass is 35.5. The zero-order valence-electron chi connectivity index (χ0n) is 25.0. The summed E-state index contributed by atoms with van der Waals surface area (Å²) in [5.41, 5.74) is 13.1. The van der Waals surface area contributed by atoms with E-state index in [-0.39, 0.29) is 0 Å². The van der Waals surface area contributed by atoms with Crippen LogP contribution in [0, 0.1) is 18.8 Å². The number of benzene rings is 3. The number of aliphatic imine (C=N–C) groups is 1. The fraction of sp³-hybridized carbons (Fsp3) is 0.111. The lowest BCUT2D eigenvalue weighted by Gasteiger charge is -2.13. The number of nitrogen functional groups attached to an aromatic ring is 1. The predicted molar refractivity (Wildman–Crippen MR) is 186 cm³/mol. The smallest absolute Gasteiger partial charge is 0.227 e. The number of aryl methyl sites for hydroxylation is 1. The molecule has 2 heterocycles. The highest BCUT2D eigenvalue weighted by molar-refractivity contribution is 6.31. The molecule has 0 saturated carbocycles. The molecule has 0 atom stereocenters. The molecule has 0 amide bonds. The number of nitrogens with zero attached hydrogens (tertiary/aromatic N) is 4. The van der Waals surface area contributed by atoms with E-state index in [0.717, 1.165) is 50.1 Å². The fourth-order valence-electron chi connectivity index (χ4n) is 4.49. The molecule has 3 aromatic carbocycles. The zero-order valence-corrected chi connectivity index (χ0v) is 25.8. The maximum absolute atomic E-state index is 6.20. The minimum Gasteiger partial charge on any atom is -0.383 e. The number of allylic oxidation sites excluding steroid dienone is 3. The summed E-state index contributed by atoms with van der Waals surface area (Å²) in [5, 5.41) is 9.08. The molecule has 45 heavy (non-hydrogen) atoms. The van der Waals surface area contributed by atoms with Gasteiger partial charge in [0.15, 0.2) is 0 Å². The molecule has 2 aromatic heterocycles. The summed E-state index contributed by atoms with van der Waals surface area (Å²) in [7, 11) is 0. The Morgan fingerprint density at radius 2 is 1.91 bits per heavy atom. The topological polar surface area (TPSA) is 110 Å². The first kappa shape index (κ1) is 31.0. The lowest BCUT2D eigenvalue weighted by molar-refractivity contribution is 0.138. The van der Waals surface area contributed by atoms with Gasteiger partial charge in [-0.1, -0.05) is 59.9 Å². The van der Waals surface area contributed by atoms with Crippen molar-refractivity contribution in [1.82, 2.24) is 15.0 Å². The van der Waals surface area contributed by atoms with Crippen molar-refractivity contribution in [2.75, 3.05) is 23.1 Å². The number of ether oxygens (including phenoxy) is 1. The van der Waals surface area contributed by atoms with Gasteiger partial charge in [-0.25, -0.2) is 15.0 Å². The van der Waals surface area contributed by atoms with Crippen LogP contribution < -0.4 is 16.4 Å². The van der Waals surface area contributed by atoms with E-state index >= 15 is 0 Å². The Labute approximate surface area is 267 Å². The van der Waals surface area contributed by atoms with Gasteiger partial charge in [0, 0.05) is 56.9 Å². The first-order chi connectivity index (χ1) is 21.9. The number of aromatic nitrogens is 3. The number of halogens is 1. The van der Waals surface area contributed by atoms with E-state index in [4.69, 9.17) is 22.1 Å². The van der Waals surface area contributed by atoms with Gasteiger partial charge in [0.1, 0.15) is 12.5 Å². The van der Waals surface area contributed by atoms with E-state index in [1.807, 2.05) is 92.7 Å². The van der Waals surface area contributed by atoms with Gasteiger partial charge in [0.05, 0.1) is 17.9 Å².